The van der Waals surface area contributed by atoms with E-state index >= 15 is 0 Å². The standard InChI is InChI=1S/C22H20N4O5/c27-21-17(24-20(31-21)16-7-4-8-18-19(16)30-14-29-18)13-25-9-11-26(12-10-25)22(28)23-15-5-2-1-3-6-15/h1-8,13H,9-12,14H2,(H,23,28)/b17-13+. The molecule has 1 N–H and O–H groups in total. The third kappa shape index (κ3) is 3.89. The van der Waals surface area contributed by atoms with Gasteiger partial charge in [-0.25, -0.2) is 14.6 Å². The van der Waals surface area contributed by atoms with Crippen LogP contribution >= 0.6 is 0 Å². The van der Waals surface area contributed by atoms with Crippen molar-refractivity contribution in [2.45, 2.75) is 0 Å². The van der Waals surface area contributed by atoms with Crippen molar-refractivity contribution in [2.75, 3.05) is 38.3 Å². The lowest BCUT2D eigenvalue weighted by atomic mass is 10.2. The molecule has 0 spiro atoms. The van der Waals surface area contributed by atoms with Crippen LogP contribution in [0.4, 0.5) is 10.5 Å². The zero-order chi connectivity index (χ0) is 21.2. The molecular weight excluding hydrogens is 400 g/mol. The van der Waals surface area contributed by atoms with E-state index in [1.54, 1.807) is 29.3 Å². The summed E-state index contributed by atoms with van der Waals surface area (Å²) in [5, 5.41) is 2.89. The molecule has 31 heavy (non-hydrogen) atoms. The van der Waals surface area contributed by atoms with Crippen molar-refractivity contribution in [3.05, 3.63) is 66.0 Å². The van der Waals surface area contributed by atoms with Crippen molar-refractivity contribution >= 4 is 23.6 Å². The van der Waals surface area contributed by atoms with Crippen LogP contribution in [-0.2, 0) is 9.53 Å². The van der Waals surface area contributed by atoms with Gasteiger partial charge in [-0.15, -0.1) is 0 Å². The smallest absolute Gasteiger partial charge is 0.365 e. The van der Waals surface area contributed by atoms with E-state index in [4.69, 9.17) is 14.2 Å². The number of piperazine rings is 1. The molecule has 0 saturated carbocycles. The molecule has 9 heteroatoms. The number of para-hydroxylation sites is 2. The van der Waals surface area contributed by atoms with E-state index < -0.39 is 5.97 Å². The van der Waals surface area contributed by atoms with Crippen molar-refractivity contribution in [1.82, 2.24) is 9.80 Å². The second-order valence-electron chi connectivity index (χ2n) is 7.18. The largest absolute Gasteiger partial charge is 0.454 e. The third-order valence-corrected chi connectivity index (χ3v) is 5.18. The van der Waals surface area contributed by atoms with Gasteiger partial charge in [0, 0.05) is 38.1 Å². The van der Waals surface area contributed by atoms with Crippen LogP contribution in [0.3, 0.4) is 0 Å². The molecule has 0 atom stereocenters. The number of cyclic esters (lactones) is 1. The Balaban J connectivity index is 1.23. The van der Waals surface area contributed by atoms with E-state index in [2.05, 4.69) is 10.3 Å². The van der Waals surface area contributed by atoms with Gasteiger partial charge in [-0.05, 0) is 24.3 Å². The van der Waals surface area contributed by atoms with Gasteiger partial charge in [0.1, 0.15) is 0 Å². The van der Waals surface area contributed by atoms with Gasteiger partial charge in [-0.1, -0.05) is 24.3 Å². The Morgan fingerprint density at radius 2 is 1.81 bits per heavy atom. The molecule has 2 aromatic carbocycles. The Hall–Kier alpha value is -4.01. The maximum absolute atomic E-state index is 12.4. The maximum atomic E-state index is 12.4. The quantitative estimate of drug-likeness (QED) is 0.606. The predicted molar refractivity (Wildman–Crippen MR) is 112 cm³/mol. The molecule has 9 nitrogen and oxygen atoms in total. The van der Waals surface area contributed by atoms with Crippen LogP contribution in [0.15, 0.2) is 65.4 Å². The number of benzene rings is 2. The number of fused-ring (bicyclic) bond motifs is 1. The number of urea groups is 1. The second-order valence-corrected chi connectivity index (χ2v) is 7.18. The van der Waals surface area contributed by atoms with E-state index in [0.29, 0.717) is 43.2 Å². The SMILES string of the molecule is O=C1OC(c2cccc3c2OCO3)=N/C1=C/N1CCN(C(=O)Nc2ccccc2)CC1. The molecular formula is C22H20N4O5. The fourth-order valence-electron chi connectivity index (χ4n) is 3.56. The number of hydrogen-bond acceptors (Lipinski definition) is 7. The minimum Gasteiger partial charge on any atom is -0.454 e. The Labute approximate surface area is 178 Å². The van der Waals surface area contributed by atoms with Crippen molar-refractivity contribution < 1.29 is 23.8 Å². The van der Waals surface area contributed by atoms with Gasteiger partial charge in [0.15, 0.2) is 17.2 Å². The molecule has 0 bridgehead atoms. The normalized spacial score (nSPS) is 18.8. The maximum Gasteiger partial charge on any atom is 0.365 e. The molecule has 2 amide bonds. The number of carbonyl (C=O) groups excluding carboxylic acids is 2. The average Bonchev–Trinajstić information content (AvgIpc) is 3.41. The van der Waals surface area contributed by atoms with Crippen molar-refractivity contribution in [1.29, 1.82) is 0 Å². The number of esters is 1. The molecule has 0 aromatic heterocycles. The van der Waals surface area contributed by atoms with Crippen molar-refractivity contribution in [2.24, 2.45) is 4.99 Å². The molecule has 0 unspecified atom stereocenters. The summed E-state index contributed by atoms with van der Waals surface area (Å²) in [6.45, 7) is 2.36. The fourth-order valence-corrected chi connectivity index (χ4v) is 3.56. The number of aliphatic imine (C=N–C) groups is 1. The molecule has 5 rings (SSSR count). The van der Waals surface area contributed by atoms with Crippen LogP contribution in [0.2, 0.25) is 0 Å². The first-order valence-corrected chi connectivity index (χ1v) is 9.94. The van der Waals surface area contributed by atoms with E-state index in [1.165, 1.54) is 0 Å². The van der Waals surface area contributed by atoms with Crippen LogP contribution in [-0.4, -0.2) is 60.7 Å². The van der Waals surface area contributed by atoms with Crippen molar-refractivity contribution in [3.8, 4) is 11.5 Å². The van der Waals surface area contributed by atoms with Gasteiger partial charge in [0.2, 0.25) is 12.7 Å². The third-order valence-electron chi connectivity index (χ3n) is 5.18. The first-order valence-electron chi connectivity index (χ1n) is 9.94. The minimum atomic E-state index is -0.518. The molecule has 158 valence electrons. The van der Waals surface area contributed by atoms with Crippen LogP contribution in [0, 0.1) is 0 Å². The highest BCUT2D eigenvalue weighted by atomic mass is 16.7. The van der Waals surface area contributed by atoms with Gasteiger partial charge in [-0.3, -0.25) is 0 Å². The highest BCUT2D eigenvalue weighted by molar-refractivity contribution is 6.12. The molecule has 3 aliphatic heterocycles. The monoisotopic (exact) mass is 420 g/mol. The lowest BCUT2D eigenvalue weighted by Crippen LogP contribution is -2.48. The zero-order valence-electron chi connectivity index (χ0n) is 16.6. The van der Waals surface area contributed by atoms with Crippen LogP contribution in [0.25, 0.3) is 0 Å². The minimum absolute atomic E-state index is 0.123. The molecule has 1 saturated heterocycles. The van der Waals surface area contributed by atoms with Gasteiger partial charge >= 0.3 is 12.0 Å². The van der Waals surface area contributed by atoms with E-state index in [-0.39, 0.29) is 24.4 Å². The fraction of sp³-hybridized carbons (Fsp3) is 0.227. The molecule has 0 radical (unpaired) electrons. The molecule has 3 aliphatic rings. The van der Waals surface area contributed by atoms with Gasteiger partial charge in [0.05, 0.1) is 5.56 Å². The summed E-state index contributed by atoms with van der Waals surface area (Å²) in [5.41, 5.74) is 1.55. The summed E-state index contributed by atoms with van der Waals surface area (Å²) >= 11 is 0. The topological polar surface area (TPSA) is 92.7 Å². The lowest BCUT2D eigenvalue weighted by molar-refractivity contribution is -0.130. The van der Waals surface area contributed by atoms with Gasteiger partial charge in [0.25, 0.3) is 0 Å². The number of nitrogens with zero attached hydrogens (tertiary/aromatic N) is 3. The van der Waals surface area contributed by atoms with Crippen LogP contribution in [0.5, 0.6) is 11.5 Å². The lowest BCUT2D eigenvalue weighted by Gasteiger charge is -2.34. The van der Waals surface area contributed by atoms with Gasteiger partial charge in [-0.2, -0.15) is 0 Å². The second kappa shape index (κ2) is 8.02. The Kier molecular flexibility index (Phi) is 4.91. The first kappa shape index (κ1) is 19.0. The summed E-state index contributed by atoms with van der Waals surface area (Å²) in [6, 6.07) is 14.5. The van der Waals surface area contributed by atoms with Crippen LogP contribution < -0.4 is 14.8 Å². The van der Waals surface area contributed by atoms with Crippen molar-refractivity contribution in [3.63, 3.8) is 0 Å². The summed E-state index contributed by atoms with van der Waals surface area (Å²) < 4.78 is 16.2. The number of amides is 2. The summed E-state index contributed by atoms with van der Waals surface area (Å²) in [5.74, 6) is 0.794. The highest BCUT2D eigenvalue weighted by Crippen LogP contribution is 2.37. The highest BCUT2D eigenvalue weighted by Gasteiger charge is 2.30. The molecule has 2 aromatic rings. The van der Waals surface area contributed by atoms with E-state index in [9.17, 15) is 9.59 Å². The number of nitrogens with one attached hydrogen (secondary N) is 1. The average molecular weight is 420 g/mol. The predicted octanol–water partition coefficient (Wildman–Crippen LogP) is 2.41. The molecule has 3 heterocycles. The molecule has 1 fully saturated rings. The first-order chi connectivity index (χ1) is 15.2. The summed E-state index contributed by atoms with van der Waals surface area (Å²) in [7, 11) is 0. The summed E-state index contributed by atoms with van der Waals surface area (Å²) in [4.78, 5) is 32.8. The zero-order valence-corrected chi connectivity index (χ0v) is 16.6. The number of carbonyl (C=O) groups is 2. The summed E-state index contributed by atoms with van der Waals surface area (Å²) in [6.07, 6.45) is 1.68. The van der Waals surface area contributed by atoms with E-state index in [0.717, 1.165) is 5.69 Å². The van der Waals surface area contributed by atoms with Gasteiger partial charge < -0.3 is 29.3 Å². The Morgan fingerprint density at radius 1 is 1.00 bits per heavy atom. The number of ether oxygens (including phenoxy) is 3. The molecule has 0 aliphatic carbocycles. The Bertz CT molecular complexity index is 1070. The number of anilines is 1. The van der Waals surface area contributed by atoms with E-state index in [1.807, 2.05) is 35.2 Å². The van der Waals surface area contributed by atoms with Crippen LogP contribution in [0.1, 0.15) is 5.56 Å². The number of rotatable bonds is 3. The Morgan fingerprint density at radius 3 is 2.61 bits per heavy atom. The number of hydrogen-bond donors (Lipinski definition) is 1.